The van der Waals surface area contributed by atoms with Gasteiger partial charge in [-0.25, -0.2) is 0 Å². The smallest absolute Gasteiger partial charge is 0.0476 e. The first-order valence-electron chi connectivity index (χ1n) is 6.74. The normalized spacial score (nSPS) is 18.8. The number of aryl methyl sites for hydroxylation is 1. The molecule has 0 amide bonds. The molecule has 1 saturated heterocycles. The zero-order valence-corrected chi connectivity index (χ0v) is 12.1. The van der Waals surface area contributed by atoms with Gasteiger partial charge in [-0.15, -0.1) is 11.8 Å². The molecular formula is C15H23NOS. The minimum Gasteiger partial charge on any atom is -0.381 e. The van der Waals surface area contributed by atoms with Crippen molar-refractivity contribution in [2.75, 3.05) is 13.2 Å². The molecule has 1 atom stereocenters. The summed E-state index contributed by atoms with van der Waals surface area (Å²) >= 11 is 2.01. The van der Waals surface area contributed by atoms with Gasteiger partial charge in [-0.3, -0.25) is 0 Å². The van der Waals surface area contributed by atoms with E-state index in [2.05, 4.69) is 32.0 Å². The molecule has 0 spiro atoms. The predicted molar refractivity (Wildman–Crippen MR) is 78.2 cm³/mol. The highest BCUT2D eigenvalue weighted by molar-refractivity contribution is 8.00. The Morgan fingerprint density at radius 2 is 2.11 bits per heavy atom. The van der Waals surface area contributed by atoms with Crippen LogP contribution in [0, 0.1) is 6.92 Å². The topological polar surface area (TPSA) is 35.2 Å². The van der Waals surface area contributed by atoms with Crippen LogP contribution in [0.25, 0.3) is 0 Å². The third kappa shape index (κ3) is 4.01. The van der Waals surface area contributed by atoms with Gasteiger partial charge in [0, 0.05) is 29.4 Å². The predicted octanol–water partition coefficient (Wildman–Crippen LogP) is 3.16. The number of hydrogen-bond donors (Lipinski definition) is 1. The number of nitrogens with two attached hydrogens (primary N) is 1. The van der Waals surface area contributed by atoms with Crippen molar-refractivity contribution in [3.8, 4) is 0 Å². The second-order valence-electron chi connectivity index (χ2n) is 5.22. The van der Waals surface area contributed by atoms with Crippen LogP contribution >= 0.6 is 11.8 Å². The molecular weight excluding hydrogens is 242 g/mol. The van der Waals surface area contributed by atoms with E-state index in [0.29, 0.717) is 5.25 Å². The third-order valence-corrected chi connectivity index (χ3v) is 4.68. The van der Waals surface area contributed by atoms with Crippen LogP contribution in [-0.2, 0) is 11.2 Å². The highest BCUT2D eigenvalue weighted by Gasteiger charge is 2.17. The summed E-state index contributed by atoms with van der Waals surface area (Å²) in [5.74, 6) is 0. The van der Waals surface area contributed by atoms with Gasteiger partial charge in [0.2, 0.25) is 0 Å². The Hall–Kier alpha value is -0.510. The summed E-state index contributed by atoms with van der Waals surface area (Å²) in [6.45, 7) is 6.04. The number of thioether (sulfide) groups is 1. The van der Waals surface area contributed by atoms with Crippen LogP contribution < -0.4 is 5.73 Å². The van der Waals surface area contributed by atoms with E-state index in [1.54, 1.807) is 0 Å². The number of benzene rings is 1. The van der Waals surface area contributed by atoms with Gasteiger partial charge in [-0.2, -0.15) is 0 Å². The van der Waals surface area contributed by atoms with Gasteiger partial charge in [0.25, 0.3) is 0 Å². The fourth-order valence-corrected chi connectivity index (χ4v) is 3.53. The number of hydrogen-bond acceptors (Lipinski definition) is 3. The van der Waals surface area contributed by atoms with E-state index >= 15 is 0 Å². The van der Waals surface area contributed by atoms with Gasteiger partial charge >= 0.3 is 0 Å². The summed E-state index contributed by atoms with van der Waals surface area (Å²) in [6.07, 6.45) is 3.29. The third-order valence-electron chi connectivity index (χ3n) is 3.22. The minimum atomic E-state index is 0.223. The van der Waals surface area contributed by atoms with Gasteiger partial charge in [0.1, 0.15) is 0 Å². The molecule has 0 aliphatic carbocycles. The van der Waals surface area contributed by atoms with Crippen LogP contribution in [0.1, 0.15) is 30.9 Å². The van der Waals surface area contributed by atoms with Crippen molar-refractivity contribution in [2.45, 2.75) is 49.3 Å². The summed E-state index contributed by atoms with van der Waals surface area (Å²) < 4.78 is 5.42. The largest absolute Gasteiger partial charge is 0.381 e. The first-order valence-corrected chi connectivity index (χ1v) is 7.62. The monoisotopic (exact) mass is 265 g/mol. The zero-order valence-electron chi connectivity index (χ0n) is 11.3. The molecule has 18 heavy (non-hydrogen) atoms. The summed E-state index contributed by atoms with van der Waals surface area (Å²) in [7, 11) is 0. The molecule has 0 saturated carbocycles. The molecule has 2 N–H and O–H groups in total. The first-order chi connectivity index (χ1) is 8.65. The Balaban J connectivity index is 2.09. The molecule has 1 aliphatic rings. The average molecular weight is 265 g/mol. The molecule has 0 aromatic heterocycles. The van der Waals surface area contributed by atoms with Crippen molar-refractivity contribution in [3.05, 3.63) is 29.3 Å². The molecule has 1 fully saturated rings. The summed E-state index contributed by atoms with van der Waals surface area (Å²) in [5, 5.41) is 0.702. The molecule has 1 heterocycles. The van der Waals surface area contributed by atoms with Crippen molar-refractivity contribution in [3.63, 3.8) is 0 Å². The van der Waals surface area contributed by atoms with Crippen molar-refractivity contribution < 1.29 is 4.74 Å². The van der Waals surface area contributed by atoms with E-state index in [1.165, 1.54) is 16.0 Å². The number of rotatable bonds is 4. The van der Waals surface area contributed by atoms with Crippen molar-refractivity contribution in [1.29, 1.82) is 0 Å². The summed E-state index contributed by atoms with van der Waals surface area (Å²) in [4.78, 5) is 1.41. The maximum Gasteiger partial charge on any atom is 0.0476 e. The molecule has 1 aliphatic heterocycles. The van der Waals surface area contributed by atoms with Crippen LogP contribution in [0.5, 0.6) is 0 Å². The van der Waals surface area contributed by atoms with E-state index in [0.717, 1.165) is 32.5 Å². The molecule has 0 radical (unpaired) electrons. The van der Waals surface area contributed by atoms with Gasteiger partial charge in [0.15, 0.2) is 0 Å². The first kappa shape index (κ1) is 13.9. The molecule has 2 rings (SSSR count). The fraction of sp³-hybridized carbons (Fsp3) is 0.600. The maximum atomic E-state index is 5.95. The standard InChI is InChI=1S/C15H23NOS/c1-11-3-4-15(13(9-11)10-12(2)16)18-14-5-7-17-8-6-14/h3-4,9,12,14H,5-8,10,16H2,1-2H3. The van der Waals surface area contributed by atoms with Gasteiger partial charge in [-0.05, 0) is 44.7 Å². The van der Waals surface area contributed by atoms with Crippen LogP contribution in [0.3, 0.4) is 0 Å². The SMILES string of the molecule is Cc1ccc(SC2CCOCC2)c(CC(C)N)c1. The van der Waals surface area contributed by atoms with E-state index in [-0.39, 0.29) is 6.04 Å². The van der Waals surface area contributed by atoms with Crippen LogP contribution in [0.15, 0.2) is 23.1 Å². The second kappa shape index (κ2) is 6.60. The summed E-state index contributed by atoms with van der Waals surface area (Å²) in [5.41, 5.74) is 8.67. The molecule has 1 unspecified atom stereocenters. The lowest BCUT2D eigenvalue weighted by atomic mass is 10.1. The lowest BCUT2D eigenvalue weighted by Crippen LogP contribution is -2.20. The Bertz CT molecular complexity index is 386. The second-order valence-corrected chi connectivity index (χ2v) is 6.56. The Morgan fingerprint density at radius 3 is 2.78 bits per heavy atom. The van der Waals surface area contributed by atoms with Gasteiger partial charge < -0.3 is 10.5 Å². The van der Waals surface area contributed by atoms with Crippen LogP contribution in [0.2, 0.25) is 0 Å². The van der Waals surface area contributed by atoms with Crippen molar-refractivity contribution in [1.82, 2.24) is 0 Å². The highest BCUT2D eigenvalue weighted by atomic mass is 32.2. The summed E-state index contributed by atoms with van der Waals surface area (Å²) in [6, 6.07) is 6.96. The molecule has 1 aromatic rings. The molecule has 2 nitrogen and oxygen atoms in total. The maximum absolute atomic E-state index is 5.95. The van der Waals surface area contributed by atoms with Crippen LogP contribution in [0.4, 0.5) is 0 Å². The van der Waals surface area contributed by atoms with E-state index in [1.807, 2.05) is 11.8 Å². The number of ether oxygens (including phenoxy) is 1. The molecule has 1 aromatic carbocycles. The van der Waals surface area contributed by atoms with Gasteiger partial charge in [0.05, 0.1) is 0 Å². The lowest BCUT2D eigenvalue weighted by Gasteiger charge is -2.23. The average Bonchev–Trinajstić information content (AvgIpc) is 2.33. The van der Waals surface area contributed by atoms with Crippen molar-refractivity contribution in [2.24, 2.45) is 5.73 Å². The Kier molecular flexibility index (Phi) is 5.10. The van der Waals surface area contributed by atoms with Crippen molar-refractivity contribution >= 4 is 11.8 Å². The molecule has 3 heteroatoms. The Morgan fingerprint density at radius 1 is 1.39 bits per heavy atom. The van der Waals surface area contributed by atoms with E-state index in [9.17, 15) is 0 Å². The van der Waals surface area contributed by atoms with Crippen LogP contribution in [-0.4, -0.2) is 24.5 Å². The quantitative estimate of drug-likeness (QED) is 0.908. The fourth-order valence-electron chi connectivity index (χ4n) is 2.30. The highest BCUT2D eigenvalue weighted by Crippen LogP contribution is 2.33. The lowest BCUT2D eigenvalue weighted by molar-refractivity contribution is 0.1000. The van der Waals surface area contributed by atoms with E-state index in [4.69, 9.17) is 10.5 Å². The molecule has 100 valence electrons. The minimum absolute atomic E-state index is 0.223. The van der Waals surface area contributed by atoms with E-state index < -0.39 is 0 Å². The molecule has 0 bridgehead atoms. The zero-order chi connectivity index (χ0) is 13.0. The van der Waals surface area contributed by atoms with Gasteiger partial charge in [-0.1, -0.05) is 17.7 Å². The Labute approximate surface area is 114 Å².